The molecule has 1 aromatic heterocycles. The first-order chi connectivity index (χ1) is 13.6. The maximum Gasteiger partial charge on any atom is 0.315 e. The second-order valence-corrected chi connectivity index (χ2v) is 7.37. The topological polar surface area (TPSA) is 125 Å². The van der Waals surface area contributed by atoms with E-state index in [9.17, 15) is 14.9 Å². The first kappa shape index (κ1) is 22.2. The standard InChI is InChI=1S/C18H23N5O5S/c1-6-27-13-9-11(8-12(23(25)26)14(13)28-7-2)10-19-22-16(24)15(18(3,4)5)20-21-17(22)29/h8-10H,6-7H2,1-5H3,(H,21,29)/b19-10-. The summed E-state index contributed by atoms with van der Waals surface area (Å²) in [6.07, 6.45) is 1.29. The summed E-state index contributed by atoms with van der Waals surface area (Å²) in [5.41, 5.74) is -0.645. The SMILES string of the molecule is CCOc1cc(/C=N\n2c(=S)[nH]nc(C(C)(C)C)c2=O)cc([N+](=O)[O-])c1OCC. The molecule has 1 aromatic carbocycles. The van der Waals surface area contributed by atoms with Gasteiger partial charge >= 0.3 is 5.69 Å². The van der Waals surface area contributed by atoms with E-state index in [1.54, 1.807) is 19.9 Å². The zero-order valence-corrected chi connectivity index (χ0v) is 17.7. The number of nitro benzene ring substituents is 1. The number of hydrogen-bond acceptors (Lipinski definition) is 8. The van der Waals surface area contributed by atoms with Gasteiger partial charge in [-0.25, -0.2) is 0 Å². The van der Waals surface area contributed by atoms with Crippen LogP contribution in [-0.2, 0) is 5.41 Å². The summed E-state index contributed by atoms with van der Waals surface area (Å²) in [5, 5.41) is 22.2. The highest BCUT2D eigenvalue weighted by molar-refractivity contribution is 7.71. The van der Waals surface area contributed by atoms with Crippen molar-refractivity contribution in [3.8, 4) is 11.5 Å². The number of ether oxygens (including phenoxy) is 2. The predicted molar refractivity (Wildman–Crippen MR) is 111 cm³/mol. The van der Waals surface area contributed by atoms with Gasteiger partial charge in [-0.2, -0.15) is 14.9 Å². The molecule has 0 spiro atoms. The van der Waals surface area contributed by atoms with Crippen LogP contribution < -0.4 is 15.0 Å². The van der Waals surface area contributed by atoms with Crippen LogP contribution in [0.1, 0.15) is 45.9 Å². The van der Waals surface area contributed by atoms with Crippen molar-refractivity contribution in [2.45, 2.75) is 40.0 Å². The molecule has 29 heavy (non-hydrogen) atoms. The summed E-state index contributed by atoms with van der Waals surface area (Å²) in [5.74, 6) is 0.262. The van der Waals surface area contributed by atoms with Gasteiger partial charge in [-0.3, -0.25) is 20.0 Å². The minimum Gasteiger partial charge on any atom is -0.490 e. The Balaban J connectivity index is 2.60. The highest BCUT2D eigenvalue weighted by atomic mass is 32.1. The van der Waals surface area contributed by atoms with Gasteiger partial charge in [-0.05, 0) is 32.1 Å². The van der Waals surface area contributed by atoms with Crippen LogP contribution in [-0.4, -0.2) is 39.2 Å². The number of nitrogens with zero attached hydrogens (tertiary/aromatic N) is 4. The molecule has 11 heteroatoms. The van der Waals surface area contributed by atoms with Crippen molar-refractivity contribution in [3.63, 3.8) is 0 Å². The van der Waals surface area contributed by atoms with Gasteiger partial charge in [-0.1, -0.05) is 20.8 Å². The van der Waals surface area contributed by atoms with Crippen LogP contribution in [0.2, 0.25) is 0 Å². The smallest absolute Gasteiger partial charge is 0.315 e. The zero-order valence-electron chi connectivity index (χ0n) is 16.9. The molecule has 0 fully saturated rings. The molecule has 0 aliphatic carbocycles. The van der Waals surface area contributed by atoms with Gasteiger partial charge in [0.15, 0.2) is 5.75 Å². The normalized spacial score (nSPS) is 11.6. The van der Waals surface area contributed by atoms with E-state index >= 15 is 0 Å². The molecule has 0 atom stereocenters. The molecule has 1 N–H and O–H groups in total. The highest BCUT2D eigenvalue weighted by Crippen LogP contribution is 2.38. The first-order valence-corrected chi connectivity index (χ1v) is 9.35. The Morgan fingerprint density at radius 1 is 1.31 bits per heavy atom. The van der Waals surface area contributed by atoms with Crippen molar-refractivity contribution in [3.05, 3.63) is 48.6 Å². The lowest BCUT2D eigenvalue weighted by Crippen LogP contribution is -2.32. The molecule has 0 bridgehead atoms. The third-order valence-electron chi connectivity index (χ3n) is 3.73. The van der Waals surface area contributed by atoms with Gasteiger partial charge < -0.3 is 9.47 Å². The third kappa shape index (κ3) is 5.05. The Morgan fingerprint density at radius 3 is 2.52 bits per heavy atom. The molecular formula is C18H23N5O5S. The van der Waals surface area contributed by atoms with Crippen molar-refractivity contribution < 1.29 is 14.4 Å². The van der Waals surface area contributed by atoms with Crippen LogP contribution in [0.25, 0.3) is 0 Å². The second-order valence-electron chi connectivity index (χ2n) is 6.98. The number of rotatable bonds is 7. The second kappa shape index (κ2) is 8.95. The predicted octanol–water partition coefficient (Wildman–Crippen LogP) is 3.19. The molecule has 0 amide bonds. The Hall–Kier alpha value is -3.08. The molecular weight excluding hydrogens is 398 g/mol. The maximum absolute atomic E-state index is 12.7. The first-order valence-electron chi connectivity index (χ1n) is 8.94. The number of nitro groups is 1. The van der Waals surface area contributed by atoms with Crippen LogP contribution in [0, 0.1) is 14.9 Å². The molecule has 0 aliphatic heterocycles. The summed E-state index contributed by atoms with van der Waals surface area (Å²) in [6, 6.07) is 2.84. The van der Waals surface area contributed by atoms with E-state index < -0.39 is 15.9 Å². The zero-order chi connectivity index (χ0) is 21.8. The lowest BCUT2D eigenvalue weighted by atomic mass is 9.93. The Labute approximate surface area is 172 Å². The van der Waals surface area contributed by atoms with E-state index in [1.807, 2.05) is 20.8 Å². The lowest BCUT2D eigenvalue weighted by molar-refractivity contribution is -0.385. The number of aromatic nitrogens is 3. The van der Waals surface area contributed by atoms with Crippen molar-refractivity contribution in [1.29, 1.82) is 0 Å². The summed E-state index contributed by atoms with van der Waals surface area (Å²) in [4.78, 5) is 23.6. The van der Waals surface area contributed by atoms with E-state index in [1.165, 1.54) is 12.3 Å². The Morgan fingerprint density at radius 2 is 1.97 bits per heavy atom. The van der Waals surface area contributed by atoms with E-state index in [4.69, 9.17) is 21.7 Å². The van der Waals surface area contributed by atoms with Gasteiger partial charge in [0.05, 0.1) is 24.4 Å². The number of benzene rings is 1. The van der Waals surface area contributed by atoms with Crippen LogP contribution in [0.15, 0.2) is 22.0 Å². The molecule has 2 aromatic rings. The lowest BCUT2D eigenvalue weighted by Gasteiger charge is -2.16. The summed E-state index contributed by atoms with van der Waals surface area (Å²) in [7, 11) is 0. The van der Waals surface area contributed by atoms with Gasteiger partial charge in [0, 0.05) is 17.0 Å². The Bertz CT molecular complexity index is 1050. The average molecular weight is 421 g/mol. The summed E-state index contributed by atoms with van der Waals surface area (Å²) >= 11 is 5.11. The minimum atomic E-state index is -0.562. The van der Waals surface area contributed by atoms with Gasteiger partial charge in [0.25, 0.3) is 5.56 Å². The van der Waals surface area contributed by atoms with Gasteiger partial charge in [-0.15, -0.1) is 0 Å². The van der Waals surface area contributed by atoms with E-state index in [2.05, 4.69) is 15.3 Å². The molecule has 0 unspecified atom stereocenters. The van der Waals surface area contributed by atoms with Crippen LogP contribution in [0.4, 0.5) is 5.69 Å². The minimum absolute atomic E-state index is 0.00437. The molecule has 0 aliphatic rings. The number of hydrogen-bond donors (Lipinski definition) is 1. The van der Waals surface area contributed by atoms with Crippen molar-refractivity contribution >= 4 is 24.1 Å². The van der Waals surface area contributed by atoms with E-state index in [0.717, 1.165) is 4.68 Å². The number of nitrogens with one attached hydrogen (secondary N) is 1. The molecule has 1 heterocycles. The molecule has 2 rings (SSSR count). The van der Waals surface area contributed by atoms with Gasteiger partial charge in [0.2, 0.25) is 10.5 Å². The van der Waals surface area contributed by atoms with Crippen LogP contribution >= 0.6 is 12.2 Å². The third-order valence-corrected chi connectivity index (χ3v) is 3.99. The summed E-state index contributed by atoms with van der Waals surface area (Å²) < 4.78 is 11.9. The maximum atomic E-state index is 12.7. The van der Waals surface area contributed by atoms with Crippen LogP contribution in [0.5, 0.6) is 11.5 Å². The number of aromatic amines is 1. The fourth-order valence-electron chi connectivity index (χ4n) is 2.48. The fraction of sp³-hybridized carbons (Fsp3) is 0.444. The summed E-state index contributed by atoms with van der Waals surface area (Å²) in [6.45, 7) is 9.53. The monoisotopic (exact) mass is 421 g/mol. The van der Waals surface area contributed by atoms with Crippen molar-refractivity contribution in [2.24, 2.45) is 5.10 Å². The Kier molecular flexibility index (Phi) is 6.85. The van der Waals surface area contributed by atoms with E-state index in [0.29, 0.717) is 12.2 Å². The van der Waals surface area contributed by atoms with Gasteiger partial charge in [0.1, 0.15) is 5.69 Å². The number of H-pyrrole nitrogens is 1. The molecule has 156 valence electrons. The van der Waals surface area contributed by atoms with E-state index in [-0.39, 0.29) is 34.3 Å². The molecule has 0 saturated heterocycles. The molecule has 0 radical (unpaired) electrons. The van der Waals surface area contributed by atoms with Crippen molar-refractivity contribution in [1.82, 2.24) is 14.9 Å². The fourth-order valence-corrected chi connectivity index (χ4v) is 2.66. The highest BCUT2D eigenvalue weighted by Gasteiger charge is 2.23. The quantitative estimate of drug-likeness (QED) is 0.315. The average Bonchev–Trinajstić information content (AvgIpc) is 2.62. The van der Waals surface area contributed by atoms with Crippen LogP contribution in [0.3, 0.4) is 0 Å². The molecule has 0 saturated carbocycles. The molecule has 10 nitrogen and oxygen atoms in total. The van der Waals surface area contributed by atoms with Crippen molar-refractivity contribution in [2.75, 3.05) is 13.2 Å². The largest absolute Gasteiger partial charge is 0.490 e.